The fourth-order valence-corrected chi connectivity index (χ4v) is 3.16. The highest BCUT2D eigenvalue weighted by atomic mass is 19.4. The van der Waals surface area contributed by atoms with Gasteiger partial charge in [0.1, 0.15) is 5.82 Å². The van der Waals surface area contributed by atoms with Crippen molar-refractivity contribution in [2.45, 2.75) is 25.1 Å². The van der Waals surface area contributed by atoms with Gasteiger partial charge in [0.15, 0.2) is 5.69 Å². The number of rotatable bonds is 3. The molecule has 3 heterocycles. The first-order valence-corrected chi connectivity index (χ1v) is 8.19. The number of piperidine rings is 1. The first-order valence-electron chi connectivity index (χ1n) is 8.19. The normalized spacial score (nSPS) is 21.5. The molecule has 2 aliphatic rings. The topological polar surface area (TPSA) is 64.6 Å². The minimum absolute atomic E-state index is 0.0443. The van der Waals surface area contributed by atoms with Crippen LogP contribution in [-0.2, 0) is 6.18 Å². The summed E-state index contributed by atoms with van der Waals surface area (Å²) in [4.78, 5) is 24.9. The number of halogens is 3. The summed E-state index contributed by atoms with van der Waals surface area (Å²) in [5, 5.41) is 2.76. The van der Waals surface area contributed by atoms with Crippen LogP contribution in [-0.4, -0.2) is 67.2 Å². The van der Waals surface area contributed by atoms with Crippen molar-refractivity contribution in [3.05, 3.63) is 11.8 Å². The van der Waals surface area contributed by atoms with Gasteiger partial charge in [-0.25, -0.2) is 9.78 Å². The van der Waals surface area contributed by atoms with Crippen LogP contribution in [0.25, 0.3) is 0 Å². The Morgan fingerprint density at radius 1 is 1.28 bits per heavy atom. The SMILES string of the molecule is CN(C)c1cc(C(F)(F)F)nc(N2CCCC(N3CCNC3=O)C2)n1. The molecular weight excluding hydrogens is 337 g/mol. The van der Waals surface area contributed by atoms with Gasteiger partial charge in [-0.1, -0.05) is 0 Å². The van der Waals surface area contributed by atoms with Crippen molar-refractivity contribution in [2.24, 2.45) is 0 Å². The molecule has 2 aliphatic heterocycles. The average Bonchev–Trinajstić information content (AvgIpc) is 3.00. The monoisotopic (exact) mass is 358 g/mol. The predicted octanol–water partition coefficient (Wildman–Crippen LogP) is 1.56. The second-order valence-corrected chi connectivity index (χ2v) is 6.47. The van der Waals surface area contributed by atoms with Crippen molar-refractivity contribution in [3.8, 4) is 0 Å². The van der Waals surface area contributed by atoms with Crippen molar-refractivity contribution < 1.29 is 18.0 Å². The number of urea groups is 1. The van der Waals surface area contributed by atoms with E-state index in [2.05, 4.69) is 15.3 Å². The van der Waals surface area contributed by atoms with Crippen molar-refractivity contribution >= 4 is 17.8 Å². The van der Waals surface area contributed by atoms with Crippen LogP contribution in [0.5, 0.6) is 0 Å². The zero-order chi connectivity index (χ0) is 18.2. The number of aromatic nitrogens is 2. The number of anilines is 2. The van der Waals surface area contributed by atoms with E-state index in [1.54, 1.807) is 23.9 Å². The van der Waals surface area contributed by atoms with Crippen LogP contribution in [0.3, 0.4) is 0 Å². The highest BCUT2D eigenvalue weighted by Gasteiger charge is 2.36. The van der Waals surface area contributed by atoms with Crippen LogP contribution < -0.4 is 15.1 Å². The highest BCUT2D eigenvalue weighted by molar-refractivity contribution is 5.76. The molecule has 2 fully saturated rings. The van der Waals surface area contributed by atoms with Gasteiger partial charge in [-0.2, -0.15) is 18.2 Å². The van der Waals surface area contributed by atoms with E-state index in [9.17, 15) is 18.0 Å². The Labute approximate surface area is 143 Å². The number of nitrogens with zero attached hydrogens (tertiary/aromatic N) is 5. The summed E-state index contributed by atoms with van der Waals surface area (Å²) in [5.74, 6) is 0.265. The van der Waals surface area contributed by atoms with Gasteiger partial charge in [0.05, 0.1) is 6.04 Å². The Hall–Kier alpha value is -2.26. The molecule has 2 amide bonds. The Morgan fingerprint density at radius 2 is 2.04 bits per heavy atom. The number of alkyl halides is 3. The Kier molecular flexibility index (Phi) is 4.61. The highest BCUT2D eigenvalue weighted by Crippen LogP contribution is 2.31. The van der Waals surface area contributed by atoms with Crippen LogP contribution >= 0.6 is 0 Å². The molecule has 138 valence electrons. The van der Waals surface area contributed by atoms with E-state index in [1.165, 1.54) is 4.90 Å². The van der Waals surface area contributed by atoms with Gasteiger partial charge in [0.2, 0.25) is 5.95 Å². The number of carbonyl (C=O) groups excluding carboxylic acids is 1. The third-order valence-corrected chi connectivity index (χ3v) is 4.46. The number of nitrogens with one attached hydrogen (secondary N) is 1. The van der Waals surface area contributed by atoms with Gasteiger partial charge in [-0.05, 0) is 12.8 Å². The maximum Gasteiger partial charge on any atom is 0.433 e. The van der Waals surface area contributed by atoms with Gasteiger partial charge in [0.25, 0.3) is 0 Å². The fourth-order valence-electron chi connectivity index (χ4n) is 3.16. The van der Waals surface area contributed by atoms with E-state index >= 15 is 0 Å². The van der Waals surface area contributed by atoms with Crippen LogP contribution in [0.2, 0.25) is 0 Å². The van der Waals surface area contributed by atoms with Crippen molar-refractivity contribution in [1.82, 2.24) is 20.2 Å². The van der Waals surface area contributed by atoms with Crippen LogP contribution in [0.1, 0.15) is 18.5 Å². The number of carbonyl (C=O) groups is 1. The van der Waals surface area contributed by atoms with Gasteiger partial charge in [-0.3, -0.25) is 0 Å². The van der Waals surface area contributed by atoms with E-state index in [0.29, 0.717) is 26.2 Å². The minimum Gasteiger partial charge on any atom is -0.363 e. The lowest BCUT2D eigenvalue weighted by Gasteiger charge is -2.37. The van der Waals surface area contributed by atoms with Gasteiger partial charge in [0, 0.05) is 46.3 Å². The zero-order valence-electron chi connectivity index (χ0n) is 14.2. The Morgan fingerprint density at radius 3 is 2.64 bits per heavy atom. The van der Waals surface area contributed by atoms with E-state index in [-0.39, 0.29) is 23.8 Å². The molecule has 1 aromatic rings. The Bertz CT molecular complexity index is 651. The first kappa shape index (κ1) is 17.6. The van der Waals surface area contributed by atoms with Crippen molar-refractivity contribution in [1.29, 1.82) is 0 Å². The number of hydrogen-bond donors (Lipinski definition) is 1. The van der Waals surface area contributed by atoms with Crippen molar-refractivity contribution in [3.63, 3.8) is 0 Å². The number of amides is 2. The summed E-state index contributed by atoms with van der Waals surface area (Å²) in [6.07, 6.45) is -2.94. The summed E-state index contributed by atoms with van der Waals surface area (Å²) in [5.41, 5.74) is -0.956. The van der Waals surface area contributed by atoms with Crippen molar-refractivity contribution in [2.75, 3.05) is 50.1 Å². The van der Waals surface area contributed by atoms with Gasteiger partial charge in [-0.15, -0.1) is 0 Å². The molecule has 0 aliphatic carbocycles. The Balaban J connectivity index is 1.87. The zero-order valence-corrected chi connectivity index (χ0v) is 14.2. The van der Waals surface area contributed by atoms with Gasteiger partial charge < -0.3 is 20.0 Å². The van der Waals surface area contributed by atoms with E-state index in [1.807, 2.05) is 0 Å². The van der Waals surface area contributed by atoms with E-state index < -0.39 is 11.9 Å². The first-order chi connectivity index (χ1) is 11.8. The molecule has 25 heavy (non-hydrogen) atoms. The molecule has 0 radical (unpaired) electrons. The third-order valence-electron chi connectivity index (χ3n) is 4.46. The summed E-state index contributed by atoms with van der Waals surface area (Å²) < 4.78 is 39.5. The van der Waals surface area contributed by atoms with E-state index in [4.69, 9.17) is 0 Å². The molecule has 0 spiro atoms. The fraction of sp³-hybridized carbons (Fsp3) is 0.667. The molecule has 0 bridgehead atoms. The molecule has 10 heteroatoms. The van der Waals surface area contributed by atoms with Crippen LogP contribution in [0.4, 0.5) is 29.7 Å². The van der Waals surface area contributed by atoms with E-state index in [0.717, 1.165) is 18.9 Å². The lowest BCUT2D eigenvalue weighted by atomic mass is 10.0. The molecule has 0 aromatic carbocycles. The molecule has 1 unspecified atom stereocenters. The summed E-state index contributed by atoms with van der Waals surface area (Å²) >= 11 is 0. The molecule has 7 nitrogen and oxygen atoms in total. The molecule has 0 saturated carbocycles. The second-order valence-electron chi connectivity index (χ2n) is 6.47. The van der Waals surface area contributed by atoms with Gasteiger partial charge >= 0.3 is 12.2 Å². The summed E-state index contributed by atoms with van der Waals surface area (Å²) in [6.45, 7) is 2.21. The summed E-state index contributed by atoms with van der Waals surface area (Å²) in [6, 6.07) is 0.779. The molecule has 1 N–H and O–H groups in total. The maximum atomic E-state index is 13.2. The standard InChI is InChI=1S/C15H21F3N6O/c1-22(2)12-8-11(15(16,17)18)20-13(21-12)23-6-3-4-10(9-23)24-7-5-19-14(24)25/h8,10H,3-7,9H2,1-2H3,(H,19,25). The molecule has 2 saturated heterocycles. The molecular formula is C15H21F3N6O. The third kappa shape index (κ3) is 3.72. The van der Waals surface area contributed by atoms with Crippen LogP contribution in [0.15, 0.2) is 6.07 Å². The maximum absolute atomic E-state index is 13.2. The summed E-state index contributed by atoms with van der Waals surface area (Å²) in [7, 11) is 3.28. The average molecular weight is 358 g/mol. The lowest BCUT2D eigenvalue weighted by Crippen LogP contribution is -2.49. The minimum atomic E-state index is -4.54. The predicted molar refractivity (Wildman–Crippen MR) is 86.7 cm³/mol. The largest absolute Gasteiger partial charge is 0.433 e. The van der Waals surface area contributed by atoms with Crippen LogP contribution in [0, 0.1) is 0 Å². The smallest absolute Gasteiger partial charge is 0.363 e. The lowest BCUT2D eigenvalue weighted by molar-refractivity contribution is -0.141. The molecule has 1 atom stereocenters. The molecule has 3 rings (SSSR count). The second kappa shape index (κ2) is 6.57. The quantitative estimate of drug-likeness (QED) is 0.888. The number of hydrogen-bond acceptors (Lipinski definition) is 5. The molecule has 1 aromatic heterocycles.